The van der Waals surface area contributed by atoms with Crippen LogP contribution in [0.5, 0.6) is 0 Å². The number of anilines is 1. The first kappa shape index (κ1) is 25.6. The number of carbonyl (C=O) groups is 2. The van der Waals surface area contributed by atoms with E-state index in [-0.39, 0.29) is 16.3 Å². The molecule has 34 heavy (non-hydrogen) atoms. The summed E-state index contributed by atoms with van der Waals surface area (Å²) in [6, 6.07) is 7.62. The van der Waals surface area contributed by atoms with Crippen molar-refractivity contribution in [1.82, 2.24) is 0 Å². The molecular formula is C23H21ClF4N2O4. The molecule has 0 radical (unpaired) electrons. The number of alkyl halides is 3. The molecule has 1 amide bonds. The number of amides is 1. The Balaban J connectivity index is 1.96. The molecule has 1 aliphatic heterocycles. The maximum absolute atomic E-state index is 14.4. The van der Waals surface area contributed by atoms with E-state index in [1.165, 1.54) is 44.2 Å². The van der Waals surface area contributed by atoms with Crippen LogP contribution in [0.4, 0.5) is 23.2 Å². The Kier molecular flexibility index (Phi) is 6.78. The van der Waals surface area contributed by atoms with E-state index in [0.29, 0.717) is 23.1 Å². The second-order valence-electron chi connectivity index (χ2n) is 8.61. The number of rotatable bonds is 6. The van der Waals surface area contributed by atoms with Gasteiger partial charge in [0.05, 0.1) is 5.71 Å². The molecule has 2 N–H and O–H groups in total. The number of aldehydes is 1. The summed E-state index contributed by atoms with van der Waals surface area (Å²) in [5, 5.41) is 16.3. The number of hydrogen-bond donors (Lipinski definition) is 2. The number of halogens is 5. The van der Waals surface area contributed by atoms with Gasteiger partial charge < -0.3 is 15.3 Å². The van der Waals surface area contributed by atoms with Crippen LogP contribution in [0.2, 0.25) is 5.02 Å². The molecule has 0 saturated carbocycles. The lowest BCUT2D eigenvalue weighted by Gasteiger charge is -2.37. The molecule has 0 aliphatic carbocycles. The van der Waals surface area contributed by atoms with Crippen LogP contribution in [-0.2, 0) is 19.8 Å². The normalized spacial score (nSPS) is 17.7. The molecule has 2 aromatic rings. The molecule has 0 spiro atoms. The Morgan fingerprint density at radius 3 is 2.53 bits per heavy atom. The number of hydrogen-bond acceptors (Lipinski definition) is 5. The summed E-state index contributed by atoms with van der Waals surface area (Å²) in [7, 11) is 0. The fourth-order valence-electron chi connectivity index (χ4n) is 3.95. The molecule has 0 saturated heterocycles. The first-order chi connectivity index (χ1) is 15.7. The molecule has 6 nitrogen and oxygen atoms in total. The van der Waals surface area contributed by atoms with Crippen molar-refractivity contribution in [2.24, 2.45) is 5.16 Å². The van der Waals surface area contributed by atoms with Crippen molar-refractivity contribution in [2.45, 2.75) is 50.5 Å². The number of nitrogens with zero attached hydrogens (tertiary/aromatic N) is 1. The minimum absolute atomic E-state index is 0.0748. The molecule has 2 aromatic carbocycles. The lowest BCUT2D eigenvalue weighted by molar-refractivity contribution is -0.254. The van der Waals surface area contributed by atoms with Crippen molar-refractivity contribution in [1.29, 1.82) is 0 Å². The van der Waals surface area contributed by atoms with Crippen molar-refractivity contribution in [3.63, 3.8) is 0 Å². The molecule has 2 unspecified atom stereocenters. The van der Waals surface area contributed by atoms with E-state index in [2.05, 4.69) is 10.5 Å². The minimum atomic E-state index is -5.39. The van der Waals surface area contributed by atoms with E-state index >= 15 is 0 Å². The maximum Gasteiger partial charge on any atom is 0.426 e. The molecule has 1 heterocycles. The molecule has 0 aromatic heterocycles. The summed E-state index contributed by atoms with van der Waals surface area (Å²) in [6.45, 7) is 4.05. The molecule has 1 aliphatic rings. The highest BCUT2D eigenvalue weighted by Gasteiger charge is 2.61. The molecule has 11 heteroatoms. The zero-order valence-corrected chi connectivity index (χ0v) is 19.1. The SMILES string of the molecule is CC1=NOC(C=O)c2ccc(NC(=O)C(O)(CC(C)(C)c3c(F)cccc3Cl)C(F)(F)F)cc21. The summed E-state index contributed by atoms with van der Waals surface area (Å²) in [5.41, 5.74) is -4.75. The van der Waals surface area contributed by atoms with Crippen LogP contribution in [0.25, 0.3) is 0 Å². The van der Waals surface area contributed by atoms with Gasteiger partial charge >= 0.3 is 6.18 Å². The number of nitrogens with one attached hydrogen (secondary N) is 1. The number of carbonyl (C=O) groups excluding carboxylic acids is 2. The number of benzene rings is 2. The lowest BCUT2D eigenvalue weighted by atomic mass is 9.74. The van der Waals surface area contributed by atoms with E-state index in [4.69, 9.17) is 16.4 Å². The average Bonchev–Trinajstić information content (AvgIpc) is 2.72. The fourth-order valence-corrected chi connectivity index (χ4v) is 4.37. The Labute approximate surface area is 197 Å². The van der Waals surface area contributed by atoms with Crippen LogP contribution >= 0.6 is 11.6 Å². The van der Waals surface area contributed by atoms with Gasteiger partial charge in [-0.2, -0.15) is 13.2 Å². The van der Waals surface area contributed by atoms with E-state index in [9.17, 15) is 32.3 Å². The van der Waals surface area contributed by atoms with Crippen LogP contribution in [-0.4, -0.2) is 34.8 Å². The standard InChI is InChI=1S/C23H21ClF4N2O4/c1-12-15-9-13(7-8-14(15)18(10-31)34-30-12)29-20(32)22(33,23(26,27)28)11-21(2,3)19-16(24)5-4-6-17(19)25/h4-10,18,33H,11H2,1-3H3,(H,29,32). The van der Waals surface area contributed by atoms with Gasteiger partial charge in [-0.05, 0) is 36.6 Å². The molecule has 3 rings (SSSR count). The van der Waals surface area contributed by atoms with Crippen molar-refractivity contribution in [3.8, 4) is 0 Å². The van der Waals surface area contributed by atoms with Gasteiger partial charge in [-0.3, -0.25) is 9.59 Å². The summed E-state index contributed by atoms with van der Waals surface area (Å²) < 4.78 is 56.5. The highest BCUT2D eigenvalue weighted by Crippen LogP contribution is 2.44. The average molecular weight is 501 g/mol. The van der Waals surface area contributed by atoms with E-state index in [1.807, 2.05) is 0 Å². The number of oxime groups is 1. The second kappa shape index (κ2) is 8.99. The Morgan fingerprint density at radius 1 is 1.26 bits per heavy atom. The van der Waals surface area contributed by atoms with Crippen LogP contribution in [0.1, 0.15) is 50.0 Å². The maximum atomic E-state index is 14.4. The highest BCUT2D eigenvalue weighted by atomic mass is 35.5. The van der Waals surface area contributed by atoms with Crippen molar-refractivity contribution >= 4 is 35.2 Å². The summed E-state index contributed by atoms with van der Waals surface area (Å²) >= 11 is 6.02. The van der Waals surface area contributed by atoms with Crippen molar-refractivity contribution in [3.05, 3.63) is 63.9 Å². The van der Waals surface area contributed by atoms with Crippen LogP contribution in [0, 0.1) is 5.82 Å². The molecule has 182 valence electrons. The Hall–Kier alpha value is -2.98. The number of aliphatic hydroxyl groups is 1. The van der Waals surface area contributed by atoms with Gasteiger partial charge in [0.2, 0.25) is 11.7 Å². The molecule has 0 bridgehead atoms. The lowest BCUT2D eigenvalue weighted by Crippen LogP contribution is -2.57. The third kappa shape index (κ3) is 4.65. The largest absolute Gasteiger partial charge is 0.426 e. The fraction of sp³-hybridized carbons (Fsp3) is 0.348. The first-order valence-electron chi connectivity index (χ1n) is 10.1. The van der Waals surface area contributed by atoms with Gasteiger partial charge in [0.25, 0.3) is 5.91 Å². The highest BCUT2D eigenvalue weighted by molar-refractivity contribution is 6.31. The monoisotopic (exact) mass is 500 g/mol. The van der Waals surface area contributed by atoms with Gasteiger partial charge in [-0.15, -0.1) is 0 Å². The van der Waals surface area contributed by atoms with Crippen LogP contribution in [0.15, 0.2) is 41.6 Å². The number of fused-ring (bicyclic) bond motifs is 1. The quantitative estimate of drug-likeness (QED) is 0.428. The summed E-state index contributed by atoms with van der Waals surface area (Å²) in [6.07, 6.45) is -7.09. The van der Waals surface area contributed by atoms with Crippen molar-refractivity contribution < 1.29 is 37.1 Å². The summed E-state index contributed by atoms with van der Waals surface area (Å²) in [5.74, 6) is -2.62. The summed E-state index contributed by atoms with van der Waals surface area (Å²) in [4.78, 5) is 29.0. The van der Waals surface area contributed by atoms with Gasteiger partial charge in [0, 0.05) is 33.8 Å². The topological polar surface area (TPSA) is 88.0 Å². The van der Waals surface area contributed by atoms with Crippen molar-refractivity contribution in [2.75, 3.05) is 5.32 Å². The van der Waals surface area contributed by atoms with E-state index in [1.54, 1.807) is 6.92 Å². The predicted octanol–water partition coefficient (Wildman–Crippen LogP) is 5.07. The predicted molar refractivity (Wildman–Crippen MR) is 117 cm³/mol. The zero-order valence-electron chi connectivity index (χ0n) is 18.3. The van der Waals surface area contributed by atoms with Gasteiger partial charge in [0.1, 0.15) is 5.82 Å². The van der Waals surface area contributed by atoms with E-state index in [0.717, 1.165) is 6.07 Å². The van der Waals surface area contributed by atoms with Gasteiger partial charge in [0.15, 0.2) is 6.29 Å². The smallest absolute Gasteiger partial charge is 0.380 e. The van der Waals surface area contributed by atoms with Gasteiger partial charge in [-0.25, -0.2) is 4.39 Å². The second-order valence-corrected chi connectivity index (χ2v) is 9.02. The zero-order chi connectivity index (χ0) is 25.5. The van der Waals surface area contributed by atoms with Crippen LogP contribution < -0.4 is 5.32 Å². The molecule has 2 atom stereocenters. The third-order valence-corrected chi connectivity index (χ3v) is 5.93. The molecular weight excluding hydrogens is 480 g/mol. The minimum Gasteiger partial charge on any atom is -0.380 e. The first-order valence-corrected chi connectivity index (χ1v) is 10.4. The Morgan fingerprint density at radius 2 is 1.94 bits per heavy atom. The van der Waals surface area contributed by atoms with E-state index < -0.39 is 41.4 Å². The molecule has 0 fully saturated rings. The van der Waals surface area contributed by atoms with Gasteiger partial charge in [-0.1, -0.05) is 42.7 Å². The Bertz CT molecular complexity index is 1150. The van der Waals surface area contributed by atoms with Crippen LogP contribution in [0.3, 0.4) is 0 Å². The third-order valence-electron chi connectivity index (χ3n) is 5.62.